The summed E-state index contributed by atoms with van der Waals surface area (Å²) < 4.78 is 1.50. The molecule has 0 aliphatic carbocycles. The Hall–Kier alpha value is -3.09. The van der Waals surface area contributed by atoms with E-state index in [2.05, 4.69) is 10.6 Å². The minimum Gasteiger partial charge on any atom is -0.506 e. The highest BCUT2D eigenvalue weighted by Crippen LogP contribution is 2.26. The molecule has 0 unspecified atom stereocenters. The summed E-state index contributed by atoms with van der Waals surface area (Å²) in [5, 5.41) is 23.4. The standard InChI is InChI=1S/C18H22N4O3/c1-11(2)10-22-14-7-5-4-6-13(14)16(23)15(18(22)25)17(24)21-12(8-19)9-20-3/h4-9,11,19-20,23H,10H2,1-3H3,(H,21,24)/b12-9+,19-8?. The topological polar surface area (TPSA) is 107 Å². The summed E-state index contributed by atoms with van der Waals surface area (Å²) in [5.74, 6) is -0.925. The highest BCUT2D eigenvalue weighted by atomic mass is 16.3. The number of aromatic hydroxyl groups is 1. The molecular weight excluding hydrogens is 320 g/mol. The molecule has 1 amide bonds. The van der Waals surface area contributed by atoms with Gasteiger partial charge in [-0.15, -0.1) is 0 Å². The van der Waals surface area contributed by atoms with E-state index in [4.69, 9.17) is 5.41 Å². The average molecular weight is 342 g/mol. The number of nitrogens with one attached hydrogen (secondary N) is 3. The molecule has 2 aromatic rings. The molecule has 0 aliphatic heterocycles. The van der Waals surface area contributed by atoms with Gasteiger partial charge in [-0.1, -0.05) is 26.0 Å². The van der Waals surface area contributed by atoms with E-state index in [9.17, 15) is 14.7 Å². The van der Waals surface area contributed by atoms with Gasteiger partial charge >= 0.3 is 0 Å². The van der Waals surface area contributed by atoms with Crippen LogP contribution in [-0.2, 0) is 6.54 Å². The smallest absolute Gasteiger partial charge is 0.267 e. The van der Waals surface area contributed by atoms with Gasteiger partial charge in [0.1, 0.15) is 11.3 Å². The monoisotopic (exact) mass is 342 g/mol. The molecule has 0 atom stereocenters. The Kier molecular flexibility index (Phi) is 5.59. The van der Waals surface area contributed by atoms with E-state index >= 15 is 0 Å². The number of carbonyl (C=O) groups is 1. The van der Waals surface area contributed by atoms with E-state index in [1.807, 2.05) is 13.8 Å². The molecule has 0 spiro atoms. The van der Waals surface area contributed by atoms with E-state index in [1.165, 1.54) is 10.8 Å². The third-order valence-corrected chi connectivity index (χ3v) is 3.63. The quantitative estimate of drug-likeness (QED) is 0.600. The molecule has 2 rings (SSSR count). The number of fused-ring (bicyclic) bond motifs is 1. The summed E-state index contributed by atoms with van der Waals surface area (Å²) in [6, 6.07) is 6.92. The minimum absolute atomic E-state index is 0.176. The maximum absolute atomic E-state index is 12.9. The number of hydrogen-bond acceptors (Lipinski definition) is 5. The average Bonchev–Trinajstić information content (AvgIpc) is 2.58. The lowest BCUT2D eigenvalue weighted by molar-refractivity contribution is 0.0963. The highest BCUT2D eigenvalue weighted by Gasteiger charge is 2.22. The normalized spacial score (nSPS) is 11.6. The van der Waals surface area contributed by atoms with Crippen LogP contribution < -0.4 is 16.2 Å². The molecule has 7 heteroatoms. The molecule has 1 heterocycles. The van der Waals surface area contributed by atoms with Crippen LogP contribution in [0.4, 0.5) is 0 Å². The first-order chi connectivity index (χ1) is 11.9. The summed E-state index contributed by atoms with van der Waals surface area (Å²) in [5.41, 5.74) is -0.137. The maximum atomic E-state index is 12.9. The van der Waals surface area contributed by atoms with Gasteiger partial charge in [-0.2, -0.15) is 0 Å². The van der Waals surface area contributed by atoms with Crippen molar-refractivity contribution < 1.29 is 9.90 Å². The lowest BCUT2D eigenvalue weighted by Gasteiger charge is -2.16. The van der Waals surface area contributed by atoms with E-state index in [1.54, 1.807) is 31.3 Å². The van der Waals surface area contributed by atoms with E-state index in [0.717, 1.165) is 6.21 Å². The van der Waals surface area contributed by atoms with Crippen LogP contribution in [0.2, 0.25) is 0 Å². The first-order valence-corrected chi connectivity index (χ1v) is 7.94. The van der Waals surface area contributed by atoms with Gasteiger partial charge in [0, 0.05) is 31.4 Å². The Balaban J connectivity index is 2.67. The Bertz CT molecular complexity index is 897. The van der Waals surface area contributed by atoms with Crippen molar-refractivity contribution >= 4 is 23.0 Å². The minimum atomic E-state index is -0.754. The molecule has 0 saturated carbocycles. The number of carbonyl (C=O) groups excluding carboxylic acids is 1. The summed E-state index contributed by atoms with van der Waals surface area (Å²) in [7, 11) is 1.62. The Morgan fingerprint density at radius 2 is 2.04 bits per heavy atom. The number of rotatable bonds is 6. The van der Waals surface area contributed by atoms with Crippen LogP contribution in [0.25, 0.3) is 10.9 Å². The van der Waals surface area contributed by atoms with Crippen molar-refractivity contribution in [2.75, 3.05) is 7.05 Å². The van der Waals surface area contributed by atoms with Crippen molar-refractivity contribution in [1.29, 1.82) is 5.41 Å². The molecule has 1 aromatic heterocycles. The fourth-order valence-electron chi connectivity index (χ4n) is 2.60. The van der Waals surface area contributed by atoms with E-state index < -0.39 is 11.5 Å². The lowest BCUT2D eigenvalue weighted by atomic mass is 10.1. The zero-order valence-electron chi connectivity index (χ0n) is 14.5. The Morgan fingerprint density at radius 3 is 2.64 bits per heavy atom. The third-order valence-electron chi connectivity index (χ3n) is 3.63. The SMILES string of the molecule is CN/C=C(\C=N)NC(=O)c1c(O)c2ccccc2n(CC(C)C)c1=O. The van der Waals surface area contributed by atoms with Gasteiger partial charge in [0.2, 0.25) is 0 Å². The predicted octanol–water partition coefficient (Wildman–Crippen LogP) is 1.80. The molecule has 0 fully saturated rings. The van der Waals surface area contributed by atoms with Gasteiger partial charge in [0.15, 0.2) is 0 Å². The second-order valence-electron chi connectivity index (χ2n) is 6.04. The van der Waals surface area contributed by atoms with Crippen molar-refractivity contribution in [2.45, 2.75) is 20.4 Å². The number of para-hydroxylation sites is 1. The zero-order valence-corrected chi connectivity index (χ0v) is 14.5. The number of hydrogen-bond donors (Lipinski definition) is 4. The van der Waals surface area contributed by atoms with Crippen LogP contribution in [0.3, 0.4) is 0 Å². The van der Waals surface area contributed by atoms with Gasteiger partial charge < -0.3 is 25.7 Å². The van der Waals surface area contributed by atoms with Gasteiger partial charge in [-0.25, -0.2) is 0 Å². The van der Waals surface area contributed by atoms with E-state index in [0.29, 0.717) is 17.4 Å². The molecule has 0 radical (unpaired) electrons. The maximum Gasteiger partial charge on any atom is 0.267 e. The summed E-state index contributed by atoms with van der Waals surface area (Å²) in [6.07, 6.45) is 2.36. The molecule has 0 saturated heterocycles. The predicted molar refractivity (Wildman–Crippen MR) is 98.1 cm³/mol. The van der Waals surface area contributed by atoms with Crippen LogP contribution in [-0.4, -0.2) is 28.8 Å². The van der Waals surface area contributed by atoms with E-state index in [-0.39, 0.29) is 22.9 Å². The Labute approximate surface area is 145 Å². The summed E-state index contributed by atoms with van der Waals surface area (Å²) in [4.78, 5) is 25.4. The third kappa shape index (κ3) is 3.71. The molecule has 7 nitrogen and oxygen atoms in total. The second-order valence-corrected chi connectivity index (χ2v) is 6.04. The Morgan fingerprint density at radius 1 is 1.36 bits per heavy atom. The second kappa shape index (κ2) is 7.65. The number of amides is 1. The van der Waals surface area contributed by atoms with Crippen LogP contribution >= 0.6 is 0 Å². The van der Waals surface area contributed by atoms with Gasteiger partial charge in [-0.05, 0) is 18.1 Å². The fourth-order valence-corrected chi connectivity index (χ4v) is 2.60. The van der Waals surface area contributed by atoms with Crippen LogP contribution in [0.1, 0.15) is 24.2 Å². The van der Waals surface area contributed by atoms with Crippen LogP contribution in [0.15, 0.2) is 41.0 Å². The van der Waals surface area contributed by atoms with Gasteiger partial charge in [-0.3, -0.25) is 9.59 Å². The lowest BCUT2D eigenvalue weighted by Crippen LogP contribution is -2.34. The molecular formula is C18H22N4O3. The number of pyridine rings is 1. The summed E-state index contributed by atoms with van der Waals surface area (Å²) >= 11 is 0. The van der Waals surface area contributed by atoms with Crippen molar-refractivity contribution in [1.82, 2.24) is 15.2 Å². The fraction of sp³-hybridized carbons (Fsp3) is 0.278. The van der Waals surface area contributed by atoms with Crippen LogP contribution in [0, 0.1) is 11.3 Å². The number of nitrogens with zero attached hydrogens (tertiary/aromatic N) is 1. The molecule has 25 heavy (non-hydrogen) atoms. The van der Waals surface area contributed by atoms with Crippen molar-refractivity contribution in [3.63, 3.8) is 0 Å². The number of benzene rings is 1. The molecule has 1 aromatic carbocycles. The largest absolute Gasteiger partial charge is 0.506 e. The first-order valence-electron chi connectivity index (χ1n) is 7.94. The number of allylic oxidation sites excluding steroid dienone is 1. The summed E-state index contributed by atoms with van der Waals surface area (Å²) in [6.45, 7) is 4.36. The number of aromatic nitrogens is 1. The molecule has 132 valence electrons. The highest BCUT2D eigenvalue weighted by molar-refractivity contribution is 6.04. The van der Waals surface area contributed by atoms with Crippen LogP contribution in [0.5, 0.6) is 5.75 Å². The van der Waals surface area contributed by atoms with Crippen molar-refractivity contribution in [3.8, 4) is 5.75 Å². The van der Waals surface area contributed by atoms with Gasteiger partial charge in [0.05, 0.1) is 11.2 Å². The van der Waals surface area contributed by atoms with Crippen molar-refractivity contribution in [3.05, 3.63) is 52.1 Å². The zero-order chi connectivity index (χ0) is 18.6. The van der Waals surface area contributed by atoms with Gasteiger partial charge in [0.25, 0.3) is 11.5 Å². The first kappa shape index (κ1) is 18.3. The molecule has 4 N–H and O–H groups in total. The molecule has 0 aliphatic rings. The molecule has 0 bridgehead atoms. The van der Waals surface area contributed by atoms with Crippen molar-refractivity contribution in [2.24, 2.45) is 5.92 Å².